The third kappa shape index (κ3) is 16.4. The summed E-state index contributed by atoms with van der Waals surface area (Å²) in [6.45, 7) is 7.15. The first kappa shape index (κ1) is 25.4. The van der Waals surface area contributed by atoms with Crippen LogP contribution in [0.3, 0.4) is 0 Å². The number of unbranched alkanes of at least 4 members (excludes halogenated alkanes) is 14. The minimum absolute atomic E-state index is 0.0250. The number of rotatable bonds is 19. The Morgan fingerprint density at radius 3 is 1.71 bits per heavy atom. The zero-order valence-electron chi connectivity index (χ0n) is 18.7. The van der Waals surface area contributed by atoms with Crippen molar-refractivity contribution in [2.45, 2.75) is 110 Å². The highest BCUT2D eigenvalue weighted by atomic mass is 16.5. The lowest BCUT2D eigenvalue weighted by atomic mass is 10.0. The third-order valence-electron chi connectivity index (χ3n) is 5.76. The summed E-state index contributed by atoms with van der Waals surface area (Å²) in [4.78, 5) is 14.0. The van der Waals surface area contributed by atoms with E-state index in [1.54, 1.807) is 0 Å². The summed E-state index contributed by atoms with van der Waals surface area (Å²) in [5.74, 6) is -0.0250. The fourth-order valence-corrected chi connectivity index (χ4v) is 3.83. The van der Waals surface area contributed by atoms with Crippen LogP contribution < -0.4 is 0 Å². The Morgan fingerprint density at radius 2 is 1.21 bits per heavy atom. The molecule has 1 saturated heterocycles. The van der Waals surface area contributed by atoms with Crippen molar-refractivity contribution in [1.82, 2.24) is 4.90 Å². The molecular weight excluding hydrogens is 350 g/mol. The van der Waals surface area contributed by atoms with E-state index in [4.69, 9.17) is 9.47 Å². The molecule has 1 aliphatic rings. The number of carbonyl (C=O) groups excluding carboxylic acids is 1. The number of esters is 1. The summed E-state index contributed by atoms with van der Waals surface area (Å²) in [6, 6.07) is 0. The van der Waals surface area contributed by atoms with Crippen LogP contribution in [0.4, 0.5) is 0 Å². The Morgan fingerprint density at radius 1 is 0.750 bits per heavy atom. The zero-order chi connectivity index (χ0) is 20.1. The predicted molar refractivity (Wildman–Crippen MR) is 118 cm³/mol. The van der Waals surface area contributed by atoms with Gasteiger partial charge in [0, 0.05) is 26.1 Å². The molecule has 0 saturated carbocycles. The Hall–Kier alpha value is -0.610. The van der Waals surface area contributed by atoms with Gasteiger partial charge in [-0.1, -0.05) is 96.8 Å². The number of morpholine rings is 1. The summed E-state index contributed by atoms with van der Waals surface area (Å²) in [5.41, 5.74) is 0. The molecule has 0 aromatic carbocycles. The van der Waals surface area contributed by atoms with Gasteiger partial charge in [0.15, 0.2) is 0 Å². The van der Waals surface area contributed by atoms with Gasteiger partial charge in [-0.05, 0) is 6.42 Å². The fourth-order valence-electron chi connectivity index (χ4n) is 3.83. The lowest BCUT2D eigenvalue weighted by Gasteiger charge is -2.26. The van der Waals surface area contributed by atoms with Crippen LogP contribution in [0.2, 0.25) is 0 Å². The summed E-state index contributed by atoms with van der Waals surface area (Å²) in [7, 11) is 0. The van der Waals surface area contributed by atoms with Gasteiger partial charge < -0.3 is 9.47 Å². The van der Waals surface area contributed by atoms with E-state index in [1.807, 2.05) is 0 Å². The van der Waals surface area contributed by atoms with E-state index in [-0.39, 0.29) is 5.97 Å². The molecule has 1 heterocycles. The van der Waals surface area contributed by atoms with E-state index < -0.39 is 0 Å². The molecular formula is C24H47NO3. The van der Waals surface area contributed by atoms with Crippen LogP contribution in [-0.2, 0) is 14.3 Å². The van der Waals surface area contributed by atoms with E-state index in [1.165, 1.54) is 83.5 Å². The minimum Gasteiger partial charge on any atom is -0.464 e. The first-order valence-corrected chi connectivity index (χ1v) is 12.3. The molecule has 0 aromatic rings. The van der Waals surface area contributed by atoms with Crippen molar-refractivity contribution >= 4 is 5.97 Å². The van der Waals surface area contributed by atoms with Crippen molar-refractivity contribution in [2.24, 2.45) is 0 Å². The Kier molecular flexibility index (Phi) is 17.9. The van der Waals surface area contributed by atoms with Gasteiger partial charge in [-0.15, -0.1) is 0 Å². The zero-order valence-corrected chi connectivity index (χ0v) is 18.7. The normalized spacial score (nSPS) is 15.0. The van der Waals surface area contributed by atoms with Gasteiger partial charge in [0.05, 0.1) is 13.2 Å². The molecule has 1 aliphatic heterocycles. The monoisotopic (exact) mass is 397 g/mol. The highest BCUT2D eigenvalue weighted by Crippen LogP contribution is 2.13. The van der Waals surface area contributed by atoms with Crippen LogP contribution in [0, 0.1) is 0 Å². The Bertz CT molecular complexity index is 343. The lowest BCUT2D eigenvalue weighted by Crippen LogP contribution is -2.38. The van der Waals surface area contributed by atoms with E-state index in [0.29, 0.717) is 13.0 Å². The number of carbonyl (C=O) groups is 1. The molecule has 0 aliphatic carbocycles. The second kappa shape index (κ2) is 19.7. The Labute approximate surface area is 174 Å². The second-order valence-corrected chi connectivity index (χ2v) is 8.37. The number of ether oxygens (including phenoxy) is 2. The van der Waals surface area contributed by atoms with Crippen LogP contribution in [-0.4, -0.2) is 50.3 Å². The van der Waals surface area contributed by atoms with Gasteiger partial charge in [0.1, 0.15) is 6.61 Å². The molecule has 4 heteroatoms. The van der Waals surface area contributed by atoms with E-state index in [0.717, 1.165) is 45.7 Å². The highest BCUT2D eigenvalue weighted by molar-refractivity contribution is 5.69. The second-order valence-electron chi connectivity index (χ2n) is 8.37. The molecule has 0 unspecified atom stereocenters. The quantitative estimate of drug-likeness (QED) is 0.194. The van der Waals surface area contributed by atoms with E-state index in [9.17, 15) is 4.79 Å². The van der Waals surface area contributed by atoms with Gasteiger partial charge in [-0.2, -0.15) is 0 Å². The molecule has 0 N–H and O–H groups in total. The van der Waals surface area contributed by atoms with Crippen LogP contribution in [0.25, 0.3) is 0 Å². The standard InChI is InChI=1S/C24H47NO3/c1-2-3-4-5-6-7-8-9-10-11-12-13-14-15-16-17-24(26)28-23-20-25-18-21-27-22-19-25/h2-23H2,1H3. The molecule has 4 nitrogen and oxygen atoms in total. The maximum absolute atomic E-state index is 11.8. The molecule has 166 valence electrons. The third-order valence-corrected chi connectivity index (χ3v) is 5.76. The molecule has 0 aromatic heterocycles. The maximum atomic E-state index is 11.8. The average molecular weight is 398 g/mol. The molecule has 28 heavy (non-hydrogen) atoms. The van der Waals surface area contributed by atoms with Crippen LogP contribution >= 0.6 is 0 Å². The fraction of sp³-hybridized carbons (Fsp3) is 0.958. The smallest absolute Gasteiger partial charge is 0.305 e. The van der Waals surface area contributed by atoms with Gasteiger partial charge >= 0.3 is 5.97 Å². The molecule has 1 rings (SSSR count). The lowest BCUT2D eigenvalue weighted by molar-refractivity contribution is -0.144. The summed E-state index contributed by atoms with van der Waals surface area (Å²) >= 11 is 0. The summed E-state index contributed by atoms with van der Waals surface area (Å²) in [5, 5.41) is 0. The van der Waals surface area contributed by atoms with Gasteiger partial charge in [0.25, 0.3) is 0 Å². The first-order valence-electron chi connectivity index (χ1n) is 12.3. The topological polar surface area (TPSA) is 38.8 Å². The molecule has 0 radical (unpaired) electrons. The van der Waals surface area contributed by atoms with E-state index >= 15 is 0 Å². The molecule has 0 spiro atoms. The average Bonchev–Trinajstić information content (AvgIpc) is 2.71. The number of hydrogen-bond donors (Lipinski definition) is 0. The summed E-state index contributed by atoms with van der Waals surface area (Å²) in [6.07, 6.45) is 20.8. The molecule has 0 atom stereocenters. The van der Waals surface area contributed by atoms with Crippen molar-refractivity contribution in [2.75, 3.05) is 39.5 Å². The van der Waals surface area contributed by atoms with Crippen molar-refractivity contribution in [3.8, 4) is 0 Å². The molecule has 0 bridgehead atoms. The first-order chi connectivity index (χ1) is 13.8. The highest BCUT2D eigenvalue weighted by Gasteiger charge is 2.10. The number of nitrogens with zero attached hydrogens (tertiary/aromatic N) is 1. The molecule has 0 amide bonds. The van der Waals surface area contributed by atoms with Crippen LogP contribution in [0.15, 0.2) is 0 Å². The SMILES string of the molecule is CCCCCCCCCCCCCCCCCC(=O)OCCN1CCOCC1. The maximum Gasteiger partial charge on any atom is 0.305 e. The van der Waals surface area contributed by atoms with Crippen LogP contribution in [0.1, 0.15) is 110 Å². The van der Waals surface area contributed by atoms with Gasteiger partial charge in [0.2, 0.25) is 0 Å². The Balaban J connectivity index is 1.72. The van der Waals surface area contributed by atoms with Crippen molar-refractivity contribution in [3.05, 3.63) is 0 Å². The summed E-state index contributed by atoms with van der Waals surface area (Å²) < 4.78 is 10.7. The minimum atomic E-state index is -0.0250. The van der Waals surface area contributed by atoms with E-state index in [2.05, 4.69) is 11.8 Å². The number of hydrogen-bond acceptors (Lipinski definition) is 4. The van der Waals surface area contributed by atoms with Gasteiger partial charge in [-0.3, -0.25) is 9.69 Å². The van der Waals surface area contributed by atoms with Crippen molar-refractivity contribution in [3.63, 3.8) is 0 Å². The predicted octanol–water partition coefficient (Wildman–Crippen LogP) is 6.12. The van der Waals surface area contributed by atoms with Gasteiger partial charge in [-0.25, -0.2) is 0 Å². The van der Waals surface area contributed by atoms with Crippen LogP contribution in [0.5, 0.6) is 0 Å². The largest absolute Gasteiger partial charge is 0.464 e. The molecule has 1 fully saturated rings. The van der Waals surface area contributed by atoms with Crippen molar-refractivity contribution < 1.29 is 14.3 Å². The van der Waals surface area contributed by atoms with Crippen molar-refractivity contribution in [1.29, 1.82) is 0 Å².